The third kappa shape index (κ3) is 5.60. The van der Waals surface area contributed by atoms with Crippen LogP contribution in [0.3, 0.4) is 0 Å². The molecular weight excluding hydrogens is 277 g/mol. The topological polar surface area (TPSA) is 56.7 Å². The number of nitrogens with zero attached hydrogens (tertiary/aromatic N) is 3. The minimum absolute atomic E-state index is 0. The van der Waals surface area contributed by atoms with Crippen LogP contribution in [0.25, 0.3) is 0 Å². The fraction of sp³-hybridized carbons (Fsp3) is 0.750. The lowest BCUT2D eigenvalue weighted by Gasteiger charge is -2.05. The Morgan fingerprint density at radius 1 is 1.35 bits per heavy atom. The van der Waals surface area contributed by atoms with E-state index < -0.39 is 12.6 Å². The number of hydrogen-bond acceptors (Lipinski definition) is 4. The Bertz CT molecular complexity index is 342. The Balaban J connectivity index is 0.00000256. The van der Waals surface area contributed by atoms with Gasteiger partial charge in [-0.1, -0.05) is 11.8 Å². The average molecular weight is 291 g/mol. The van der Waals surface area contributed by atoms with Crippen molar-refractivity contribution in [1.82, 2.24) is 14.8 Å². The molecule has 4 nitrogen and oxygen atoms in total. The first-order valence-electron chi connectivity index (χ1n) is 4.72. The first-order chi connectivity index (χ1) is 7.44. The maximum atomic E-state index is 11.9. The fourth-order valence-corrected chi connectivity index (χ4v) is 1.95. The fourth-order valence-electron chi connectivity index (χ4n) is 1.08. The molecule has 17 heavy (non-hydrogen) atoms. The van der Waals surface area contributed by atoms with Crippen LogP contribution in [-0.2, 0) is 13.6 Å². The van der Waals surface area contributed by atoms with Gasteiger partial charge >= 0.3 is 6.18 Å². The Hall–Kier alpha value is -0.470. The second-order valence-electron chi connectivity index (χ2n) is 3.23. The molecular formula is C8H14ClF3N4S. The number of thioether (sulfide) groups is 1. The third-order valence-corrected chi connectivity index (χ3v) is 3.05. The van der Waals surface area contributed by atoms with Crippen LogP contribution in [-0.4, -0.2) is 26.7 Å². The Morgan fingerprint density at radius 3 is 2.47 bits per heavy atom. The van der Waals surface area contributed by atoms with Crippen molar-refractivity contribution in [1.29, 1.82) is 0 Å². The van der Waals surface area contributed by atoms with Gasteiger partial charge < -0.3 is 10.3 Å². The molecule has 2 N–H and O–H groups in total. The minimum Gasteiger partial charge on any atom is -0.324 e. The molecule has 9 heteroatoms. The number of aromatic nitrogens is 3. The Kier molecular flexibility index (Phi) is 6.88. The van der Waals surface area contributed by atoms with Crippen LogP contribution in [0, 0.1) is 0 Å². The SMILES string of the molecule is Cl.Cn1c(CN)nnc1SCCCC(F)(F)F. The molecule has 0 aliphatic carbocycles. The summed E-state index contributed by atoms with van der Waals surface area (Å²) in [5.41, 5.74) is 5.39. The standard InChI is InChI=1S/C8H13F3N4S.ClH/c1-15-6(5-12)13-14-7(15)16-4-2-3-8(9,10)11;/h2-5,12H2,1H3;1H. The molecule has 1 rings (SSSR count). The van der Waals surface area contributed by atoms with E-state index in [1.165, 1.54) is 11.8 Å². The monoisotopic (exact) mass is 290 g/mol. The van der Waals surface area contributed by atoms with Crippen molar-refractivity contribution >= 4 is 24.2 Å². The molecule has 0 fully saturated rings. The van der Waals surface area contributed by atoms with Crippen molar-refractivity contribution in [2.24, 2.45) is 12.8 Å². The molecule has 0 aliphatic rings. The van der Waals surface area contributed by atoms with E-state index in [4.69, 9.17) is 5.73 Å². The largest absolute Gasteiger partial charge is 0.389 e. The molecule has 1 heterocycles. The summed E-state index contributed by atoms with van der Waals surface area (Å²) in [6.07, 6.45) is -4.76. The summed E-state index contributed by atoms with van der Waals surface area (Å²) in [5.74, 6) is 0.995. The smallest absolute Gasteiger partial charge is 0.324 e. The summed E-state index contributed by atoms with van der Waals surface area (Å²) in [6, 6.07) is 0. The van der Waals surface area contributed by atoms with Crippen molar-refractivity contribution < 1.29 is 13.2 Å². The van der Waals surface area contributed by atoms with Gasteiger partial charge in [0.15, 0.2) is 5.16 Å². The molecule has 1 aromatic rings. The number of nitrogens with two attached hydrogens (primary N) is 1. The Labute approximate surface area is 108 Å². The van der Waals surface area contributed by atoms with Crippen LogP contribution in [0.15, 0.2) is 5.16 Å². The zero-order valence-electron chi connectivity index (χ0n) is 9.20. The molecule has 0 unspecified atom stereocenters. The highest BCUT2D eigenvalue weighted by Crippen LogP contribution is 2.24. The number of rotatable bonds is 5. The maximum Gasteiger partial charge on any atom is 0.389 e. The highest BCUT2D eigenvalue weighted by molar-refractivity contribution is 7.99. The van der Waals surface area contributed by atoms with Gasteiger partial charge in [0.05, 0.1) is 6.54 Å². The molecule has 0 aromatic carbocycles. The molecule has 0 saturated heterocycles. The highest BCUT2D eigenvalue weighted by Gasteiger charge is 2.26. The van der Waals surface area contributed by atoms with E-state index in [1.54, 1.807) is 11.6 Å². The van der Waals surface area contributed by atoms with Gasteiger partial charge in [-0.05, 0) is 6.42 Å². The van der Waals surface area contributed by atoms with Crippen LogP contribution < -0.4 is 5.73 Å². The zero-order chi connectivity index (χ0) is 12.2. The molecule has 0 spiro atoms. The van der Waals surface area contributed by atoms with Crippen molar-refractivity contribution in [3.8, 4) is 0 Å². The highest BCUT2D eigenvalue weighted by atomic mass is 35.5. The number of hydrogen-bond donors (Lipinski definition) is 1. The van der Waals surface area contributed by atoms with Crippen molar-refractivity contribution in [2.75, 3.05) is 5.75 Å². The second kappa shape index (κ2) is 7.07. The molecule has 0 saturated carbocycles. The van der Waals surface area contributed by atoms with Gasteiger partial charge in [-0.15, -0.1) is 22.6 Å². The van der Waals surface area contributed by atoms with Crippen molar-refractivity contribution in [3.63, 3.8) is 0 Å². The molecule has 0 amide bonds. The van der Waals surface area contributed by atoms with E-state index in [2.05, 4.69) is 10.2 Å². The van der Waals surface area contributed by atoms with E-state index in [0.29, 0.717) is 16.7 Å². The second-order valence-corrected chi connectivity index (χ2v) is 4.29. The van der Waals surface area contributed by atoms with Gasteiger partial charge in [-0.25, -0.2) is 0 Å². The summed E-state index contributed by atoms with van der Waals surface area (Å²) in [4.78, 5) is 0. The van der Waals surface area contributed by atoms with Crippen LogP contribution in [0.1, 0.15) is 18.7 Å². The molecule has 0 aliphatic heterocycles. The van der Waals surface area contributed by atoms with Crippen molar-refractivity contribution in [2.45, 2.75) is 30.7 Å². The summed E-state index contributed by atoms with van der Waals surface area (Å²) >= 11 is 1.26. The average Bonchev–Trinajstić information content (AvgIpc) is 2.53. The number of halogens is 4. The van der Waals surface area contributed by atoms with E-state index in [0.717, 1.165) is 0 Å². The molecule has 0 radical (unpaired) electrons. The summed E-state index contributed by atoms with van der Waals surface area (Å²) < 4.78 is 37.3. The van der Waals surface area contributed by atoms with Crippen LogP contribution in [0.5, 0.6) is 0 Å². The van der Waals surface area contributed by atoms with Gasteiger partial charge in [0.2, 0.25) is 0 Å². The molecule has 0 atom stereocenters. The predicted molar refractivity (Wildman–Crippen MR) is 62.2 cm³/mol. The summed E-state index contributed by atoms with van der Waals surface area (Å²) in [5, 5.41) is 8.24. The summed E-state index contributed by atoms with van der Waals surface area (Å²) in [7, 11) is 1.74. The lowest BCUT2D eigenvalue weighted by molar-refractivity contribution is -0.134. The van der Waals surface area contributed by atoms with Gasteiger partial charge in [0, 0.05) is 19.2 Å². The third-order valence-electron chi connectivity index (χ3n) is 1.94. The van der Waals surface area contributed by atoms with Crippen LogP contribution in [0.4, 0.5) is 13.2 Å². The molecule has 0 bridgehead atoms. The quantitative estimate of drug-likeness (QED) is 0.667. The Morgan fingerprint density at radius 2 is 2.00 bits per heavy atom. The summed E-state index contributed by atoms with van der Waals surface area (Å²) in [6.45, 7) is 0.270. The van der Waals surface area contributed by atoms with Crippen LogP contribution >= 0.6 is 24.2 Å². The normalized spacial score (nSPS) is 11.4. The first-order valence-corrected chi connectivity index (χ1v) is 5.70. The van der Waals surface area contributed by atoms with E-state index >= 15 is 0 Å². The maximum absolute atomic E-state index is 11.9. The molecule has 1 aromatic heterocycles. The first kappa shape index (κ1) is 16.5. The predicted octanol–water partition coefficient (Wildman–Crippen LogP) is 2.13. The minimum atomic E-state index is -4.08. The zero-order valence-corrected chi connectivity index (χ0v) is 10.8. The van der Waals surface area contributed by atoms with E-state index in [9.17, 15) is 13.2 Å². The van der Waals surface area contributed by atoms with Gasteiger partial charge in [-0.2, -0.15) is 13.2 Å². The van der Waals surface area contributed by atoms with Gasteiger partial charge in [0.1, 0.15) is 5.82 Å². The molecule has 100 valence electrons. The van der Waals surface area contributed by atoms with E-state index in [1.807, 2.05) is 0 Å². The van der Waals surface area contributed by atoms with Gasteiger partial charge in [0.25, 0.3) is 0 Å². The van der Waals surface area contributed by atoms with E-state index in [-0.39, 0.29) is 25.4 Å². The van der Waals surface area contributed by atoms with Gasteiger partial charge in [-0.3, -0.25) is 0 Å². The lowest BCUT2D eigenvalue weighted by Crippen LogP contribution is -2.07. The number of alkyl halides is 3. The van der Waals surface area contributed by atoms with Crippen molar-refractivity contribution in [3.05, 3.63) is 5.82 Å². The lowest BCUT2D eigenvalue weighted by atomic mass is 10.3. The van der Waals surface area contributed by atoms with Crippen LogP contribution in [0.2, 0.25) is 0 Å².